The highest BCUT2D eigenvalue weighted by Gasteiger charge is 2.11. The number of fused-ring (bicyclic) bond motifs is 1. The Morgan fingerprint density at radius 1 is 1.54 bits per heavy atom. The fourth-order valence-electron chi connectivity index (χ4n) is 1.17. The third-order valence-corrected chi connectivity index (χ3v) is 2.76. The summed E-state index contributed by atoms with van der Waals surface area (Å²) in [5.74, 6) is 0. The molecule has 0 unspecified atom stereocenters. The number of nitrogens with zero attached hydrogens (tertiary/aromatic N) is 3. The summed E-state index contributed by atoms with van der Waals surface area (Å²) >= 11 is 7.38. The quantitative estimate of drug-likeness (QED) is 0.529. The molecule has 0 saturated heterocycles. The average molecular weight is 214 g/mol. The van der Waals surface area contributed by atoms with Crippen LogP contribution in [-0.2, 0) is 6.54 Å². The maximum absolute atomic E-state index is 5.69. The normalized spacial score (nSPS) is 14.5. The molecule has 0 aliphatic carbocycles. The van der Waals surface area contributed by atoms with Gasteiger partial charge in [0.15, 0.2) is 0 Å². The highest BCUT2D eigenvalue weighted by molar-refractivity contribution is 7.98. The van der Waals surface area contributed by atoms with Crippen molar-refractivity contribution in [3.05, 3.63) is 23.8 Å². The Kier molecular flexibility index (Phi) is 2.42. The summed E-state index contributed by atoms with van der Waals surface area (Å²) in [6.45, 7) is 0.620. The predicted octanol–water partition coefficient (Wildman–Crippen LogP) is 3.38. The molecular weight excluding hydrogens is 206 g/mol. The van der Waals surface area contributed by atoms with Crippen LogP contribution < -0.4 is 0 Å². The van der Waals surface area contributed by atoms with Gasteiger partial charge in [-0.2, -0.15) is 4.53 Å². The standard InChI is InChI=1S/C8H8ClN3S/c1-13-7-3-2-6-5-12(9)11-10-8(6)4-7/h2-4H,5H2,1H3. The first-order chi connectivity index (χ1) is 6.29. The van der Waals surface area contributed by atoms with Crippen LogP contribution in [0.5, 0.6) is 0 Å². The van der Waals surface area contributed by atoms with E-state index in [-0.39, 0.29) is 0 Å². The predicted molar refractivity (Wildman–Crippen MR) is 54.1 cm³/mol. The third-order valence-electron chi connectivity index (χ3n) is 1.84. The van der Waals surface area contributed by atoms with Gasteiger partial charge < -0.3 is 0 Å². The molecule has 0 atom stereocenters. The van der Waals surface area contributed by atoms with Gasteiger partial charge in [-0.05, 0) is 18.4 Å². The first-order valence-corrected chi connectivity index (χ1v) is 5.38. The molecule has 1 aromatic carbocycles. The van der Waals surface area contributed by atoms with Crippen molar-refractivity contribution >= 4 is 29.2 Å². The molecule has 68 valence electrons. The maximum atomic E-state index is 5.69. The van der Waals surface area contributed by atoms with Crippen LogP contribution in [-0.4, -0.2) is 10.8 Å². The van der Waals surface area contributed by atoms with Crippen molar-refractivity contribution in [3.8, 4) is 0 Å². The van der Waals surface area contributed by atoms with E-state index in [4.69, 9.17) is 11.8 Å². The zero-order valence-corrected chi connectivity index (χ0v) is 8.64. The molecule has 0 aromatic heterocycles. The van der Waals surface area contributed by atoms with Gasteiger partial charge in [0, 0.05) is 22.2 Å². The van der Waals surface area contributed by atoms with Gasteiger partial charge in [0.1, 0.15) is 0 Å². The Labute approximate surface area is 85.9 Å². The van der Waals surface area contributed by atoms with Gasteiger partial charge in [0.25, 0.3) is 0 Å². The Morgan fingerprint density at radius 2 is 2.38 bits per heavy atom. The lowest BCUT2D eigenvalue weighted by Crippen LogP contribution is -2.06. The van der Waals surface area contributed by atoms with Gasteiger partial charge in [-0.25, -0.2) is 0 Å². The van der Waals surface area contributed by atoms with Crippen LogP contribution in [0.4, 0.5) is 5.69 Å². The summed E-state index contributed by atoms with van der Waals surface area (Å²) < 4.78 is 1.31. The van der Waals surface area contributed by atoms with E-state index in [9.17, 15) is 0 Å². The molecule has 2 rings (SSSR count). The van der Waals surface area contributed by atoms with Crippen LogP contribution in [0.3, 0.4) is 0 Å². The van der Waals surface area contributed by atoms with E-state index in [0.29, 0.717) is 6.54 Å². The lowest BCUT2D eigenvalue weighted by Gasteiger charge is -2.15. The SMILES string of the molecule is CSc1ccc2c(c1)N=NN(Cl)C2. The smallest absolute Gasteiger partial charge is 0.0936 e. The average Bonchev–Trinajstić information content (AvgIpc) is 2.17. The van der Waals surface area contributed by atoms with Gasteiger partial charge in [0.05, 0.1) is 12.2 Å². The molecule has 0 radical (unpaired) electrons. The number of thioether (sulfide) groups is 1. The van der Waals surface area contributed by atoms with E-state index < -0.39 is 0 Å². The largest absolute Gasteiger partial charge is 0.182 e. The van der Waals surface area contributed by atoms with Gasteiger partial charge in [-0.3, -0.25) is 0 Å². The van der Waals surface area contributed by atoms with Crippen LogP contribution in [0.2, 0.25) is 0 Å². The molecule has 0 amide bonds. The minimum atomic E-state index is 0.620. The fraction of sp³-hybridized carbons (Fsp3) is 0.250. The van der Waals surface area contributed by atoms with Crippen molar-refractivity contribution in [1.29, 1.82) is 0 Å². The maximum Gasteiger partial charge on any atom is 0.0936 e. The van der Waals surface area contributed by atoms with Gasteiger partial charge in [0.2, 0.25) is 0 Å². The molecule has 13 heavy (non-hydrogen) atoms. The Balaban J connectivity index is 2.40. The molecule has 3 nitrogen and oxygen atoms in total. The number of hydrogen-bond donors (Lipinski definition) is 0. The number of hydrogen-bond acceptors (Lipinski definition) is 4. The first kappa shape index (κ1) is 8.84. The zero-order valence-electron chi connectivity index (χ0n) is 7.07. The molecule has 1 aromatic rings. The van der Waals surface area contributed by atoms with Crippen LogP contribution >= 0.6 is 23.5 Å². The van der Waals surface area contributed by atoms with Gasteiger partial charge >= 0.3 is 0 Å². The second-order valence-corrected chi connectivity index (χ2v) is 3.95. The van der Waals surface area contributed by atoms with E-state index in [2.05, 4.69) is 16.4 Å². The highest BCUT2D eigenvalue weighted by Crippen LogP contribution is 2.30. The third kappa shape index (κ3) is 1.78. The zero-order chi connectivity index (χ0) is 9.26. The summed E-state index contributed by atoms with van der Waals surface area (Å²) in [7, 11) is 0. The number of benzene rings is 1. The summed E-state index contributed by atoms with van der Waals surface area (Å²) in [5, 5.41) is 7.75. The molecule has 5 heteroatoms. The second kappa shape index (κ2) is 3.55. The summed E-state index contributed by atoms with van der Waals surface area (Å²) in [6.07, 6.45) is 2.04. The summed E-state index contributed by atoms with van der Waals surface area (Å²) in [4.78, 5) is 1.20. The molecule has 0 saturated carbocycles. The van der Waals surface area contributed by atoms with Crippen LogP contribution in [0.1, 0.15) is 5.56 Å². The molecule has 0 bridgehead atoms. The fourth-order valence-corrected chi connectivity index (χ4v) is 1.76. The molecule has 1 aliphatic rings. The number of halogens is 1. The van der Waals surface area contributed by atoms with Crippen molar-refractivity contribution in [3.63, 3.8) is 0 Å². The minimum Gasteiger partial charge on any atom is -0.182 e. The molecule has 0 fully saturated rings. The first-order valence-electron chi connectivity index (χ1n) is 3.81. The molecule has 1 heterocycles. The van der Waals surface area contributed by atoms with Gasteiger partial charge in [-0.1, -0.05) is 11.3 Å². The molecule has 0 N–H and O–H groups in total. The van der Waals surface area contributed by atoms with E-state index in [1.807, 2.05) is 18.4 Å². The molecule has 1 aliphatic heterocycles. The van der Waals surface area contributed by atoms with E-state index >= 15 is 0 Å². The van der Waals surface area contributed by atoms with Crippen LogP contribution in [0.25, 0.3) is 0 Å². The Morgan fingerprint density at radius 3 is 3.15 bits per heavy atom. The number of rotatable bonds is 1. The lowest BCUT2D eigenvalue weighted by atomic mass is 10.2. The summed E-state index contributed by atoms with van der Waals surface area (Å²) in [6, 6.07) is 6.12. The van der Waals surface area contributed by atoms with Crippen molar-refractivity contribution in [2.75, 3.05) is 6.26 Å². The van der Waals surface area contributed by atoms with E-state index in [0.717, 1.165) is 11.3 Å². The summed E-state index contributed by atoms with van der Waals surface area (Å²) in [5.41, 5.74) is 2.03. The van der Waals surface area contributed by atoms with Crippen LogP contribution in [0, 0.1) is 0 Å². The topological polar surface area (TPSA) is 28.0 Å². The van der Waals surface area contributed by atoms with Crippen molar-refractivity contribution in [1.82, 2.24) is 4.53 Å². The monoisotopic (exact) mass is 213 g/mol. The highest BCUT2D eigenvalue weighted by atomic mass is 35.5. The van der Waals surface area contributed by atoms with E-state index in [1.54, 1.807) is 11.8 Å². The van der Waals surface area contributed by atoms with E-state index in [1.165, 1.54) is 9.42 Å². The van der Waals surface area contributed by atoms with Gasteiger partial charge in [-0.15, -0.1) is 16.9 Å². The Bertz CT molecular complexity index is 353. The second-order valence-electron chi connectivity index (χ2n) is 2.68. The van der Waals surface area contributed by atoms with Crippen LogP contribution in [0.15, 0.2) is 33.4 Å². The lowest BCUT2D eigenvalue weighted by molar-refractivity contribution is 0.436. The Hall–Kier alpha value is -0.740. The molecular formula is C8H8ClN3S. The van der Waals surface area contributed by atoms with Crippen molar-refractivity contribution < 1.29 is 0 Å². The van der Waals surface area contributed by atoms with Crippen molar-refractivity contribution in [2.45, 2.75) is 11.4 Å². The minimum absolute atomic E-state index is 0.620. The van der Waals surface area contributed by atoms with Crippen molar-refractivity contribution in [2.24, 2.45) is 10.3 Å². The molecule has 0 spiro atoms.